The first-order valence-electron chi connectivity index (χ1n) is 5.49. The molecule has 2 aromatic rings. The second kappa shape index (κ2) is 5.67. The van der Waals surface area contributed by atoms with Crippen molar-refractivity contribution < 1.29 is 18.6 Å². The van der Waals surface area contributed by atoms with Crippen molar-refractivity contribution in [3.63, 3.8) is 0 Å². The third-order valence-electron chi connectivity index (χ3n) is 2.75. The van der Waals surface area contributed by atoms with E-state index >= 15 is 0 Å². The minimum absolute atomic E-state index is 0.254. The SMILES string of the molecule is COc1ccc(F)cc1C(O)c1ccc(Br)c(F)c1. The van der Waals surface area contributed by atoms with Crippen molar-refractivity contribution in [2.75, 3.05) is 7.11 Å². The number of hydrogen-bond donors (Lipinski definition) is 1. The van der Waals surface area contributed by atoms with Crippen LogP contribution in [-0.2, 0) is 0 Å². The predicted octanol–water partition coefficient (Wildman–Crippen LogP) is 3.82. The van der Waals surface area contributed by atoms with Crippen molar-refractivity contribution in [3.05, 3.63) is 63.6 Å². The van der Waals surface area contributed by atoms with Gasteiger partial charge in [0.25, 0.3) is 0 Å². The second-order valence-corrected chi connectivity index (χ2v) is 4.82. The molecule has 0 aliphatic heterocycles. The van der Waals surface area contributed by atoms with Gasteiger partial charge in [0.1, 0.15) is 23.5 Å². The van der Waals surface area contributed by atoms with Gasteiger partial charge in [-0.3, -0.25) is 0 Å². The molecule has 0 radical (unpaired) electrons. The zero-order valence-electron chi connectivity index (χ0n) is 10.0. The topological polar surface area (TPSA) is 29.5 Å². The van der Waals surface area contributed by atoms with Gasteiger partial charge in [-0.25, -0.2) is 8.78 Å². The van der Waals surface area contributed by atoms with E-state index in [0.29, 0.717) is 15.8 Å². The van der Waals surface area contributed by atoms with Gasteiger partial charge in [0, 0.05) is 5.56 Å². The van der Waals surface area contributed by atoms with Gasteiger partial charge in [-0.15, -0.1) is 0 Å². The van der Waals surface area contributed by atoms with E-state index in [1.165, 1.54) is 37.4 Å². The van der Waals surface area contributed by atoms with Crippen LogP contribution in [-0.4, -0.2) is 12.2 Å². The molecule has 0 saturated heterocycles. The zero-order valence-corrected chi connectivity index (χ0v) is 11.6. The molecule has 0 aliphatic carbocycles. The molecule has 0 saturated carbocycles. The molecule has 0 bridgehead atoms. The van der Waals surface area contributed by atoms with Gasteiger partial charge in [-0.05, 0) is 51.8 Å². The van der Waals surface area contributed by atoms with Crippen LogP contribution in [0.15, 0.2) is 40.9 Å². The Morgan fingerprint density at radius 3 is 2.53 bits per heavy atom. The van der Waals surface area contributed by atoms with Crippen LogP contribution < -0.4 is 4.74 Å². The maximum absolute atomic E-state index is 13.5. The maximum Gasteiger partial charge on any atom is 0.137 e. The van der Waals surface area contributed by atoms with Gasteiger partial charge in [0.15, 0.2) is 0 Å². The van der Waals surface area contributed by atoms with E-state index < -0.39 is 17.7 Å². The molecule has 19 heavy (non-hydrogen) atoms. The highest BCUT2D eigenvalue weighted by Gasteiger charge is 2.17. The number of hydrogen-bond acceptors (Lipinski definition) is 2. The van der Waals surface area contributed by atoms with E-state index in [1.54, 1.807) is 6.07 Å². The third-order valence-corrected chi connectivity index (χ3v) is 3.39. The molecule has 0 heterocycles. The Labute approximate surface area is 117 Å². The summed E-state index contributed by atoms with van der Waals surface area (Å²) in [5.41, 5.74) is 0.578. The van der Waals surface area contributed by atoms with E-state index in [1.807, 2.05) is 0 Å². The lowest BCUT2D eigenvalue weighted by molar-refractivity contribution is 0.213. The molecule has 0 fully saturated rings. The van der Waals surface area contributed by atoms with Crippen molar-refractivity contribution in [1.29, 1.82) is 0 Å². The minimum atomic E-state index is -1.16. The summed E-state index contributed by atoms with van der Waals surface area (Å²) in [7, 11) is 1.42. The number of ether oxygens (including phenoxy) is 1. The van der Waals surface area contributed by atoms with Crippen molar-refractivity contribution in [1.82, 2.24) is 0 Å². The molecular formula is C14H11BrF2O2. The van der Waals surface area contributed by atoms with Crippen LogP contribution in [0.5, 0.6) is 5.75 Å². The lowest BCUT2D eigenvalue weighted by Crippen LogP contribution is -2.03. The molecular weight excluding hydrogens is 318 g/mol. The molecule has 2 aromatic carbocycles. The molecule has 1 unspecified atom stereocenters. The van der Waals surface area contributed by atoms with E-state index in [0.717, 1.165) is 0 Å². The Morgan fingerprint density at radius 1 is 1.16 bits per heavy atom. The Kier molecular flexibility index (Phi) is 4.17. The highest BCUT2D eigenvalue weighted by molar-refractivity contribution is 9.10. The van der Waals surface area contributed by atoms with Crippen LogP contribution in [0.4, 0.5) is 8.78 Å². The molecule has 2 nitrogen and oxygen atoms in total. The molecule has 100 valence electrons. The fourth-order valence-electron chi connectivity index (χ4n) is 1.78. The lowest BCUT2D eigenvalue weighted by atomic mass is 10.0. The molecule has 1 N–H and O–H groups in total. The van der Waals surface area contributed by atoms with Crippen molar-refractivity contribution in [2.45, 2.75) is 6.10 Å². The van der Waals surface area contributed by atoms with Gasteiger partial charge >= 0.3 is 0 Å². The average molecular weight is 329 g/mol. The minimum Gasteiger partial charge on any atom is -0.496 e. The molecule has 0 amide bonds. The summed E-state index contributed by atoms with van der Waals surface area (Å²) >= 11 is 3.03. The summed E-state index contributed by atoms with van der Waals surface area (Å²) in [5.74, 6) is -0.642. The molecule has 1 atom stereocenters. The van der Waals surface area contributed by atoms with Crippen molar-refractivity contribution >= 4 is 15.9 Å². The summed E-state index contributed by atoms with van der Waals surface area (Å²) in [6.07, 6.45) is -1.16. The monoisotopic (exact) mass is 328 g/mol. The normalized spacial score (nSPS) is 12.3. The highest BCUT2D eigenvalue weighted by atomic mass is 79.9. The van der Waals surface area contributed by atoms with E-state index in [2.05, 4.69) is 15.9 Å². The van der Waals surface area contributed by atoms with E-state index in [4.69, 9.17) is 4.74 Å². The Hall–Kier alpha value is -1.46. The maximum atomic E-state index is 13.5. The molecule has 5 heteroatoms. The summed E-state index contributed by atoms with van der Waals surface area (Å²) < 4.78 is 32.1. The predicted molar refractivity (Wildman–Crippen MR) is 71.1 cm³/mol. The van der Waals surface area contributed by atoms with Gasteiger partial charge in [-0.2, -0.15) is 0 Å². The smallest absolute Gasteiger partial charge is 0.137 e. The van der Waals surface area contributed by atoms with Gasteiger partial charge < -0.3 is 9.84 Å². The summed E-state index contributed by atoms with van der Waals surface area (Å²) in [6, 6.07) is 8.06. The van der Waals surface area contributed by atoms with Crippen LogP contribution in [0.1, 0.15) is 17.2 Å². The second-order valence-electron chi connectivity index (χ2n) is 3.96. The number of benzene rings is 2. The Morgan fingerprint density at radius 2 is 1.89 bits per heavy atom. The average Bonchev–Trinajstić information content (AvgIpc) is 2.41. The first-order valence-corrected chi connectivity index (χ1v) is 6.28. The molecule has 2 rings (SSSR count). The number of aliphatic hydroxyl groups excluding tert-OH is 1. The number of methoxy groups -OCH3 is 1. The van der Waals surface area contributed by atoms with E-state index in [9.17, 15) is 13.9 Å². The first-order chi connectivity index (χ1) is 9.02. The summed E-state index contributed by atoms with van der Waals surface area (Å²) in [6.45, 7) is 0. The van der Waals surface area contributed by atoms with Crippen molar-refractivity contribution in [2.24, 2.45) is 0 Å². The zero-order chi connectivity index (χ0) is 14.0. The molecule has 0 aliphatic rings. The van der Waals surface area contributed by atoms with Crippen LogP contribution in [0.2, 0.25) is 0 Å². The Balaban J connectivity index is 2.45. The first kappa shape index (κ1) is 14.0. The summed E-state index contributed by atoms with van der Waals surface area (Å²) in [4.78, 5) is 0. The highest BCUT2D eigenvalue weighted by Crippen LogP contribution is 2.31. The number of halogens is 3. The van der Waals surface area contributed by atoms with Crippen LogP contribution in [0.25, 0.3) is 0 Å². The molecule has 0 spiro atoms. The summed E-state index contributed by atoms with van der Waals surface area (Å²) in [5, 5.41) is 10.2. The van der Waals surface area contributed by atoms with Crippen molar-refractivity contribution in [3.8, 4) is 5.75 Å². The van der Waals surface area contributed by atoms with Crippen LogP contribution in [0.3, 0.4) is 0 Å². The van der Waals surface area contributed by atoms with Gasteiger partial charge in [-0.1, -0.05) is 6.07 Å². The number of aliphatic hydroxyl groups is 1. The fourth-order valence-corrected chi connectivity index (χ4v) is 2.03. The lowest BCUT2D eigenvalue weighted by Gasteiger charge is -2.15. The molecule has 0 aromatic heterocycles. The van der Waals surface area contributed by atoms with Crippen LogP contribution in [0, 0.1) is 11.6 Å². The fraction of sp³-hybridized carbons (Fsp3) is 0.143. The quantitative estimate of drug-likeness (QED) is 0.928. The third kappa shape index (κ3) is 2.93. The van der Waals surface area contributed by atoms with Crippen LogP contribution >= 0.6 is 15.9 Å². The standard InChI is InChI=1S/C14H11BrF2O2/c1-19-13-5-3-9(16)7-10(13)14(18)8-2-4-11(15)12(17)6-8/h2-7,14,18H,1H3. The van der Waals surface area contributed by atoms with E-state index in [-0.39, 0.29) is 5.56 Å². The largest absolute Gasteiger partial charge is 0.496 e. The Bertz CT molecular complexity index is 602. The van der Waals surface area contributed by atoms with Gasteiger partial charge in [0.2, 0.25) is 0 Å². The number of rotatable bonds is 3. The van der Waals surface area contributed by atoms with Gasteiger partial charge in [0.05, 0.1) is 11.6 Å².